The quantitative estimate of drug-likeness (QED) is 0.382. The van der Waals surface area contributed by atoms with Crippen LogP contribution >= 0.6 is 0 Å². The number of piperazine rings is 1. The van der Waals surface area contributed by atoms with E-state index in [-0.39, 0.29) is 17.9 Å². The number of aromatic nitrogens is 1. The molecule has 9 nitrogen and oxygen atoms in total. The third kappa shape index (κ3) is 5.92. The first-order valence-corrected chi connectivity index (χ1v) is 15.0. The number of benzene rings is 2. The number of amides is 2. The van der Waals surface area contributed by atoms with Crippen molar-refractivity contribution in [3.05, 3.63) is 83.0 Å². The van der Waals surface area contributed by atoms with Crippen LogP contribution in [0.5, 0.6) is 5.75 Å². The first kappa shape index (κ1) is 28.0. The standard InChI is InChI=1S/C33H40N6O3/c1-22-29(4-3-5-30(22)42-2)33(41)37-25-18-27-11-12-28(19-25)39(27)31-13-8-24(21-35-31)32(40)36-20-23-6-9-26(10-7-23)38-16-14-34-15-17-38/h3-10,13,21,25,27-28,34H,11-12,14-20H2,1-2H3,(H,36,40)(H,37,41). The Balaban J connectivity index is 1.02. The van der Waals surface area contributed by atoms with Gasteiger partial charge in [-0.25, -0.2) is 4.98 Å². The summed E-state index contributed by atoms with van der Waals surface area (Å²) in [7, 11) is 1.62. The second-order valence-corrected chi connectivity index (χ2v) is 11.6. The molecule has 3 aromatic rings. The van der Waals surface area contributed by atoms with Gasteiger partial charge in [0.2, 0.25) is 0 Å². The second kappa shape index (κ2) is 12.4. The number of methoxy groups -OCH3 is 1. The fourth-order valence-electron chi connectivity index (χ4n) is 6.72. The molecule has 6 rings (SSSR count). The van der Waals surface area contributed by atoms with Crippen LogP contribution in [0.25, 0.3) is 0 Å². The molecule has 0 spiro atoms. The van der Waals surface area contributed by atoms with E-state index in [2.05, 4.69) is 50.0 Å². The van der Waals surface area contributed by atoms with Crippen LogP contribution < -0.4 is 30.5 Å². The van der Waals surface area contributed by atoms with E-state index in [1.54, 1.807) is 13.3 Å². The average molecular weight is 569 g/mol. The van der Waals surface area contributed by atoms with Gasteiger partial charge in [0.15, 0.2) is 0 Å². The molecule has 3 saturated heterocycles. The van der Waals surface area contributed by atoms with Gasteiger partial charge < -0.3 is 30.5 Å². The highest BCUT2D eigenvalue weighted by Crippen LogP contribution is 2.38. The number of anilines is 2. The Morgan fingerprint density at radius 2 is 1.71 bits per heavy atom. The third-order valence-electron chi connectivity index (χ3n) is 8.96. The maximum absolute atomic E-state index is 13.1. The molecule has 2 aromatic carbocycles. The van der Waals surface area contributed by atoms with Crippen LogP contribution in [-0.4, -0.2) is 68.2 Å². The molecule has 3 aliphatic rings. The largest absolute Gasteiger partial charge is 0.496 e. The zero-order valence-corrected chi connectivity index (χ0v) is 24.4. The lowest BCUT2D eigenvalue weighted by Crippen LogP contribution is -2.50. The minimum absolute atomic E-state index is 0.0479. The highest BCUT2D eigenvalue weighted by molar-refractivity contribution is 5.96. The van der Waals surface area contributed by atoms with Crippen LogP contribution in [0.1, 0.15) is 57.5 Å². The van der Waals surface area contributed by atoms with Crippen molar-refractivity contribution >= 4 is 23.3 Å². The van der Waals surface area contributed by atoms with E-state index in [1.165, 1.54) is 5.69 Å². The van der Waals surface area contributed by atoms with E-state index in [1.807, 2.05) is 37.3 Å². The lowest BCUT2D eigenvalue weighted by molar-refractivity contribution is 0.0923. The maximum atomic E-state index is 13.1. The number of hydrogen-bond acceptors (Lipinski definition) is 7. The van der Waals surface area contributed by atoms with Gasteiger partial charge in [0.05, 0.1) is 12.7 Å². The van der Waals surface area contributed by atoms with Crippen molar-refractivity contribution in [1.29, 1.82) is 0 Å². The summed E-state index contributed by atoms with van der Waals surface area (Å²) in [4.78, 5) is 35.4. The molecular weight excluding hydrogens is 528 g/mol. The average Bonchev–Trinajstić information content (AvgIpc) is 3.30. The number of ether oxygens (including phenoxy) is 1. The molecule has 0 radical (unpaired) electrons. The summed E-state index contributed by atoms with van der Waals surface area (Å²) in [5.41, 5.74) is 4.36. The molecule has 2 unspecified atom stereocenters. The molecule has 3 aliphatic heterocycles. The van der Waals surface area contributed by atoms with Gasteiger partial charge in [0, 0.05) is 73.9 Å². The van der Waals surface area contributed by atoms with Crippen LogP contribution in [0.2, 0.25) is 0 Å². The Morgan fingerprint density at radius 3 is 2.38 bits per heavy atom. The van der Waals surface area contributed by atoms with E-state index in [4.69, 9.17) is 9.72 Å². The molecule has 220 valence electrons. The summed E-state index contributed by atoms with van der Waals surface area (Å²) in [6.45, 7) is 6.43. The Bertz CT molecular complexity index is 1390. The molecule has 4 heterocycles. The van der Waals surface area contributed by atoms with Crippen LogP contribution in [0.4, 0.5) is 11.5 Å². The van der Waals surface area contributed by atoms with E-state index >= 15 is 0 Å². The van der Waals surface area contributed by atoms with Gasteiger partial charge in [-0.3, -0.25) is 9.59 Å². The topological polar surface area (TPSA) is 98.8 Å². The van der Waals surface area contributed by atoms with Gasteiger partial charge in [0.25, 0.3) is 11.8 Å². The summed E-state index contributed by atoms with van der Waals surface area (Å²) >= 11 is 0. The summed E-state index contributed by atoms with van der Waals surface area (Å²) in [5, 5.41) is 9.68. The number of carbonyl (C=O) groups excluding carboxylic acids is 2. The van der Waals surface area contributed by atoms with E-state index in [0.29, 0.717) is 29.8 Å². The van der Waals surface area contributed by atoms with Crippen molar-refractivity contribution in [1.82, 2.24) is 20.9 Å². The Kier molecular flexibility index (Phi) is 8.28. The van der Waals surface area contributed by atoms with Crippen molar-refractivity contribution in [2.24, 2.45) is 0 Å². The molecule has 42 heavy (non-hydrogen) atoms. The number of fused-ring (bicyclic) bond motifs is 2. The Morgan fingerprint density at radius 1 is 0.976 bits per heavy atom. The van der Waals surface area contributed by atoms with Crippen LogP contribution in [0, 0.1) is 6.92 Å². The number of carbonyl (C=O) groups is 2. The monoisotopic (exact) mass is 568 g/mol. The minimum atomic E-state index is -0.127. The van der Waals surface area contributed by atoms with Crippen LogP contribution in [-0.2, 0) is 6.54 Å². The summed E-state index contributed by atoms with van der Waals surface area (Å²) in [5.74, 6) is 1.45. The predicted octanol–water partition coefficient (Wildman–Crippen LogP) is 3.67. The molecule has 9 heteroatoms. The van der Waals surface area contributed by atoms with Crippen LogP contribution in [0.3, 0.4) is 0 Å². The molecule has 3 N–H and O–H groups in total. The van der Waals surface area contributed by atoms with Gasteiger partial charge in [-0.2, -0.15) is 0 Å². The van der Waals surface area contributed by atoms with Gasteiger partial charge in [0.1, 0.15) is 11.6 Å². The number of piperidine rings is 1. The van der Waals surface area contributed by atoms with Gasteiger partial charge >= 0.3 is 0 Å². The molecule has 2 atom stereocenters. The minimum Gasteiger partial charge on any atom is -0.496 e. The highest BCUT2D eigenvalue weighted by Gasteiger charge is 2.42. The number of hydrogen-bond donors (Lipinski definition) is 3. The van der Waals surface area contributed by atoms with E-state index in [0.717, 1.165) is 74.6 Å². The fraction of sp³-hybridized carbons (Fsp3) is 0.424. The lowest BCUT2D eigenvalue weighted by Gasteiger charge is -2.40. The zero-order chi connectivity index (χ0) is 29.1. The number of rotatable bonds is 8. The molecule has 1 aromatic heterocycles. The molecule has 0 aliphatic carbocycles. The van der Waals surface area contributed by atoms with Gasteiger partial charge in [-0.05, 0) is 74.6 Å². The predicted molar refractivity (Wildman–Crippen MR) is 164 cm³/mol. The second-order valence-electron chi connectivity index (χ2n) is 11.6. The van der Waals surface area contributed by atoms with E-state index < -0.39 is 0 Å². The molecular formula is C33H40N6O3. The highest BCUT2D eigenvalue weighted by atomic mass is 16.5. The Labute approximate surface area is 247 Å². The van der Waals surface area contributed by atoms with Crippen molar-refractivity contribution in [3.8, 4) is 5.75 Å². The van der Waals surface area contributed by atoms with Crippen molar-refractivity contribution in [2.75, 3.05) is 43.1 Å². The van der Waals surface area contributed by atoms with Crippen molar-refractivity contribution < 1.29 is 14.3 Å². The Hall–Kier alpha value is -4.11. The van der Waals surface area contributed by atoms with Crippen molar-refractivity contribution in [2.45, 2.75) is 57.3 Å². The zero-order valence-electron chi connectivity index (χ0n) is 24.4. The van der Waals surface area contributed by atoms with Crippen molar-refractivity contribution in [3.63, 3.8) is 0 Å². The SMILES string of the molecule is COc1cccc(C(=O)NC2CC3CCC(C2)N3c2ccc(C(=O)NCc3ccc(N4CCNCC4)cc3)cn2)c1C. The summed E-state index contributed by atoms with van der Waals surface area (Å²) in [6.07, 6.45) is 5.58. The molecule has 0 saturated carbocycles. The maximum Gasteiger partial charge on any atom is 0.253 e. The number of pyridine rings is 1. The number of nitrogens with zero attached hydrogens (tertiary/aromatic N) is 3. The molecule has 2 amide bonds. The van der Waals surface area contributed by atoms with E-state index in [9.17, 15) is 9.59 Å². The third-order valence-corrected chi connectivity index (χ3v) is 8.96. The van der Waals surface area contributed by atoms with Gasteiger partial charge in [-0.1, -0.05) is 18.2 Å². The fourth-order valence-corrected chi connectivity index (χ4v) is 6.72. The molecule has 2 bridgehead atoms. The lowest BCUT2D eigenvalue weighted by atomic mass is 9.96. The summed E-state index contributed by atoms with van der Waals surface area (Å²) in [6, 6.07) is 18.6. The summed E-state index contributed by atoms with van der Waals surface area (Å²) < 4.78 is 5.39. The first-order chi connectivity index (χ1) is 20.5. The normalized spacial score (nSPS) is 21.6. The first-order valence-electron chi connectivity index (χ1n) is 15.0. The molecule has 3 fully saturated rings. The smallest absolute Gasteiger partial charge is 0.253 e. The van der Waals surface area contributed by atoms with Gasteiger partial charge in [-0.15, -0.1) is 0 Å². The van der Waals surface area contributed by atoms with Crippen LogP contribution in [0.15, 0.2) is 60.8 Å². The number of nitrogens with one attached hydrogen (secondary N) is 3.